The summed E-state index contributed by atoms with van der Waals surface area (Å²) in [5, 5.41) is 14.4. The minimum absolute atomic E-state index is 0.0249. The lowest BCUT2D eigenvalue weighted by atomic mass is 10.0. The molecule has 1 amide bonds. The Bertz CT molecular complexity index is 1750. The quantitative estimate of drug-likeness (QED) is 0.291. The van der Waals surface area contributed by atoms with Crippen LogP contribution in [0.25, 0.3) is 0 Å². The number of rotatable bonds is 7. The second-order valence-electron chi connectivity index (χ2n) is 11.0. The summed E-state index contributed by atoms with van der Waals surface area (Å²) in [5.74, 6) is -0.192. The molecule has 5 rings (SSSR count). The maximum atomic E-state index is 14.1. The molecule has 0 unspecified atom stereocenters. The Hall–Kier alpha value is -4.52. The van der Waals surface area contributed by atoms with E-state index in [1.807, 2.05) is 11.9 Å². The predicted octanol–water partition coefficient (Wildman–Crippen LogP) is 5.99. The highest BCUT2D eigenvalue weighted by Crippen LogP contribution is 2.35. The topological polar surface area (TPSA) is 105 Å². The number of alkyl halides is 3. The Labute approximate surface area is 269 Å². The van der Waals surface area contributed by atoms with E-state index < -0.39 is 17.6 Å². The largest absolute Gasteiger partial charge is 0.438 e. The molecule has 2 aliphatic rings. The lowest BCUT2D eigenvalue weighted by Gasteiger charge is -2.33. The number of ether oxygens (including phenoxy) is 1. The molecular weight excluding hydrogens is 619 g/mol. The maximum Gasteiger partial charge on any atom is 0.416 e. The summed E-state index contributed by atoms with van der Waals surface area (Å²) >= 11 is 6.14. The lowest BCUT2D eigenvalue weighted by Crippen LogP contribution is -2.44. The minimum Gasteiger partial charge on any atom is -0.438 e. The molecule has 0 atom stereocenters. The second kappa shape index (κ2) is 13.9. The van der Waals surface area contributed by atoms with Crippen molar-refractivity contribution in [3.8, 4) is 5.75 Å². The monoisotopic (exact) mass is 651 g/mol. The van der Waals surface area contributed by atoms with Crippen LogP contribution >= 0.6 is 11.6 Å². The minimum atomic E-state index is -4.59. The Kier molecular flexibility index (Phi) is 9.90. The van der Waals surface area contributed by atoms with E-state index >= 15 is 0 Å². The van der Waals surface area contributed by atoms with E-state index in [1.54, 1.807) is 50.4 Å². The fourth-order valence-corrected chi connectivity index (χ4v) is 5.27. The van der Waals surface area contributed by atoms with Gasteiger partial charge < -0.3 is 20.3 Å². The van der Waals surface area contributed by atoms with Gasteiger partial charge in [0.15, 0.2) is 11.7 Å². The number of aryl methyl sites for hydroxylation is 1. The third kappa shape index (κ3) is 7.82. The Balaban J connectivity index is 1.38. The van der Waals surface area contributed by atoms with Crippen molar-refractivity contribution >= 4 is 40.8 Å². The van der Waals surface area contributed by atoms with Crippen LogP contribution in [0.3, 0.4) is 0 Å². The van der Waals surface area contributed by atoms with Gasteiger partial charge in [-0.25, -0.2) is 4.99 Å². The molecule has 0 aliphatic carbocycles. The van der Waals surface area contributed by atoms with Gasteiger partial charge in [-0.2, -0.15) is 18.2 Å². The first kappa shape index (κ1) is 32.9. The molecule has 0 spiro atoms. The molecule has 2 heterocycles. The summed E-state index contributed by atoms with van der Waals surface area (Å²) in [4.78, 5) is 26.3. The number of hydrogen-bond donors (Lipinski definition) is 3. The fraction of sp³-hybridized carbons (Fsp3) is 0.273. The van der Waals surface area contributed by atoms with Gasteiger partial charge in [-0.05, 0) is 61.5 Å². The lowest BCUT2D eigenvalue weighted by molar-refractivity contribution is -0.138. The highest BCUT2D eigenvalue weighted by atomic mass is 35.5. The summed E-state index contributed by atoms with van der Waals surface area (Å²) in [7, 11) is 3.65. The van der Waals surface area contributed by atoms with Gasteiger partial charge >= 0.3 is 6.18 Å². The van der Waals surface area contributed by atoms with Crippen molar-refractivity contribution in [2.45, 2.75) is 19.6 Å². The average Bonchev–Trinajstić information content (AvgIpc) is 3.01. The molecule has 46 heavy (non-hydrogen) atoms. The van der Waals surface area contributed by atoms with Crippen LogP contribution in [0.4, 0.5) is 18.9 Å². The van der Waals surface area contributed by atoms with Crippen LogP contribution in [0.5, 0.6) is 5.75 Å². The van der Waals surface area contributed by atoms with E-state index in [0.29, 0.717) is 29.2 Å². The number of piperazine rings is 1. The van der Waals surface area contributed by atoms with Gasteiger partial charge in [-0.15, -0.1) is 0 Å². The summed E-state index contributed by atoms with van der Waals surface area (Å²) in [5.41, 5.74) is 1.04. The summed E-state index contributed by atoms with van der Waals surface area (Å²) in [6, 6.07) is 15.5. The number of carbonyl (C=O) groups is 1. The molecule has 3 aromatic carbocycles. The number of nitrogens with zero attached hydrogens (tertiary/aromatic N) is 4. The highest BCUT2D eigenvalue weighted by Gasteiger charge is 2.34. The first-order valence-corrected chi connectivity index (χ1v) is 14.9. The number of nitrogens with one attached hydrogen (secondary N) is 3. The SMILES string of the molecule is CN/C=C1\C(=N)N=C(c2cccc(Cl)c2)N=C1Oc1ccc(C)c(C(=O)Nc2ccc(CN3CCN(C)CC3)c(C(F)(F)F)c2)c1. The van der Waals surface area contributed by atoms with Crippen molar-refractivity contribution in [1.29, 1.82) is 5.41 Å². The Morgan fingerprint density at radius 1 is 1.07 bits per heavy atom. The Morgan fingerprint density at radius 2 is 1.83 bits per heavy atom. The molecule has 1 fully saturated rings. The molecule has 240 valence electrons. The number of benzene rings is 3. The van der Waals surface area contributed by atoms with Gasteiger partial charge in [0, 0.05) is 67.8 Å². The van der Waals surface area contributed by atoms with E-state index in [4.69, 9.17) is 21.7 Å². The molecule has 13 heteroatoms. The number of carbonyl (C=O) groups excluding carboxylic acids is 1. The molecule has 1 saturated heterocycles. The van der Waals surface area contributed by atoms with Gasteiger partial charge in [-0.1, -0.05) is 35.9 Å². The van der Waals surface area contributed by atoms with Crippen LogP contribution in [0.15, 0.2) is 82.4 Å². The predicted molar refractivity (Wildman–Crippen MR) is 174 cm³/mol. The molecular formula is C33H33ClF3N7O2. The molecule has 0 aromatic heterocycles. The average molecular weight is 652 g/mol. The van der Waals surface area contributed by atoms with Crippen LogP contribution in [0, 0.1) is 12.3 Å². The first-order valence-electron chi connectivity index (χ1n) is 14.5. The molecule has 0 saturated carbocycles. The zero-order valence-corrected chi connectivity index (χ0v) is 26.3. The van der Waals surface area contributed by atoms with Crippen molar-refractivity contribution in [3.05, 3.63) is 105 Å². The number of amidine groups is 2. The number of aliphatic imine (C=N–C) groups is 2. The van der Waals surface area contributed by atoms with E-state index in [1.165, 1.54) is 24.4 Å². The van der Waals surface area contributed by atoms with Crippen molar-refractivity contribution in [2.24, 2.45) is 9.98 Å². The van der Waals surface area contributed by atoms with Crippen LogP contribution in [-0.2, 0) is 12.7 Å². The van der Waals surface area contributed by atoms with Crippen LogP contribution in [-0.4, -0.2) is 73.6 Å². The second-order valence-corrected chi connectivity index (χ2v) is 11.5. The van der Waals surface area contributed by atoms with E-state index in [0.717, 1.165) is 19.2 Å². The van der Waals surface area contributed by atoms with Gasteiger partial charge in [0.05, 0.1) is 11.1 Å². The number of hydrogen-bond acceptors (Lipinski definition) is 7. The molecule has 2 aliphatic heterocycles. The molecule has 0 radical (unpaired) electrons. The van der Waals surface area contributed by atoms with Gasteiger partial charge in [0.1, 0.15) is 5.75 Å². The third-order valence-electron chi connectivity index (χ3n) is 7.61. The van der Waals surface area contributed by atoms with Crippen molar-refractivity contribution in [3.63, 3.8) is 0 Å². The van der Waals surface area contributed by atoms with Crippen LogP contribution < -0.4 is 15.4 Å². The summed E-state index contributed by atoms with van der Waals surface area (Å²) in [6.45, 7) is 4.82. The summed E-state index contributed by atoms with van der Waals surface area (Å²) in [6.07, 6.45) is -3.07. The van der Waals surface area contributed by atoms with E-state index in [9.17, 15) is 18.0 Å². The number of halogens is 4. The number of anilines is 1. The van der Waals surface area contributed by atoms with E-state index in [-0.39, 0.29) is 52.3 Å². The molecule has 9 nitrogen and oxygen atoms in total. The normalized spacial score (nSPS) is 17.0. The van der Waals surface area contributed by atoms with Gasteiger partial charge in [0.25, 0.3) is 5.91 Å². The number of amides is 1. The van der Waals surface area contributed by atoms with Crippen molar-refractivity contribution in [1.82, 2.24) is 15.1 Å². The fourth-order valence-electron chi connectivity index (χ4n) is 5.08. The van der Waals surface area contributed by atoms with Gasteiger partial charge in [0.2, 0.25) is 5.90 Å². The maximum absolute atomic E-state index is 14.1. The molecule has 3 N–H and O–H groups in total. The standard InChI is InChI=1S/C33H33ClF3N7O2/c1-20-7-10-25(46-32-27(18-39-2)29(38)41-30(42-32)21-5-4-6-23(34)15-21)17-26(20)31(45)40-24-9-8-22(28(16-24)33(35,36)37)19-44-13-11-43(3)12-14-44/h4-10,15-18,38-39H,11-14,19H2,1-3H3,(H,40,45)/b27-18+,38-29?. The van der Waals surface area contributed by atoms with Crippen LogP contribution in [0.2, 0.25) is 5.02 Å². The molecule has 0 bridgehead atoms. The van der Waals surface area contributed by atoms with Crippen molar-refractivity contribution in [2.75, 3.05) is 45.6 Å². The zero-order valence-electron chi connectivity index (χ0n) is 25.5. The Morgan fingerprint density at radius 3 is 2.52 bits per heavy atom. The van der Waals surface area contributed by atoms with Gasteiger partial charge in [-0.3, -0.25) is 15.1 Å². The third-order valence-corrected chi connectivity index (χ3v) is 7.85. The highest BCUT2D eigenvalue weighted by molar-refractivity contribution is 6.32. The smallest absolute Gasteiger partial charge is 0.416 e. The number of likely N-dealkylation sites (N-methyl/N-ethyl adjacent to an activating group) is 1. The molecule has 3 aromatic rings. The zero-order chi connectivity index (χ0) is 33.0. The van der Waals surface area contributed by atoms with E-state index in [2.05, 4.69) is 25.5 Å². The summed E-state index contributed by atoms with van der Waals surface area (Å²) < 4.78 is 48.4. The van der Waals surface area contributed by atoms with Crippen LogP contribution in [0.1, 0.15) is 32.6 Å². The first-order chi connectivity index (χ1) is 21.9. The van der Waals surface area contributed by atoms with Crippen molar-refractivity contribution < 1.29 is 22.7 Å².